The molecule has 0 radical (unpaired) electrons. The highest BCUT2D eigenvalue weighted by atomic mass is 79.9. The Kier molecular flexibility index (Phi) is 4.66. The molecule has 0 fully saturated rings. The van der Waals surface area contributed by atoms with Crippen molar-refractivity contribution in [2.45, 2.75) is 19.5 Å². The minimum absolute atomic E-state index is 0.140. The first-order chi connectivity index (χ1) is 9.04. The maximum Gasteiger partial charge on any atom is 0.169 e. The van der Waals surface area contributed by atoms with Gasteiger partial charge in [0.05, 0.1) is 6.04 Å². The molecule has 1 unspecified atom stereocenters. The van der Waals surface area contributed by atoms with Crippen LogP contribution in [0.25, 0.3) is 0 Å². The number of nitrogens with one attached hydrogen (secondary N) is 1. The van der Waals surface area contributed by atoms with E-state index in [9.17, 15) is 0 Å². The van der Waals surface area contributed by atoms with E-state index < -0.39 is 0 Å². The summed E-state index contributed by atoms with van der Waals surface area (Å²) in [6.45, 7) is 3.03. The molecule has 1 heterocycles. The van der Waals surface area contributed by atoms with Crippen molar-refractivity contribution in [3.63, 3.8) is 0 Å². The monoisotopic (exact) mass is 322 g/mol. The molecule has 0 saturated heterocycles. The molecule has 0 aliphatic heterocycles. The average molecular weight is 323 g/mol. The summed E-state index contributed by atoms with van der Waals surface area (Å²) < 4.78 is 6.32. The van der Waals surface area contributed by atoms with E-state index in [1.165, 1.54) is 5.56 Å². The topological polar surface area (TPSA) is 28.4 Å². The molecule has 3 nitrogen and oxygen atoms in total. The summed E-state index contributed by atoms with van der Waals surface area (Å²) in [6, 6.07) is 12.5. The summed E-state index contributed by atoms with van der Waals surface area (Å²) in [5.41, 5.74) is 2.40. The zero-order valence-corrected chi connectivity index (χ0v) is 13.1. The SMILES string of the molecule is CC(Nc1cccc(CN(C)C)c1)c1ccc(Br)o1. The van der Waals surface area contributed by atoms with E-state index in [2.05, 4.69) is 71.4 Å². The number of furan rings is 1. The number of benzene rings is 1. The van der Waals surface area contributed by atoms with E-state index >= 15 is 0 Å². The molecule has 1 atom stereocenters. The Balaban J connectivity index is 2.06. The van der Waals surface area contributed by atoms with Crippen molar-refractivity contribution in [1.29, 1.82) is 0 Å². The number of hydrogen-bond donors (Lipinski definition) is 1. The molecule has 4 heteroatoms. The molecule has 0 amide bonds. The summed E-state index contributed by atoms with van der Waals surface area (Å²) in [6.07, 6.45) is 0. The summed E-state index contributed by atoms with van der Waals surface area (Å²) in [4.78, 5) is 2.16. The molecular formula is C15H19BrN2O. The third-order valence-electron chi connectivity index (χ3n) is 2.83. The minimum atomic E-state index is 0.140. The standard InChI is InChI=1S/C15H19BrN2O/c1-11(14-7-8-15(16)19-14)17-13-6-4-5-12(9-13)10-18(2)3/h4-9,11,17H,10H2,1-3H3. The maximum atomic E-state index is 5.56. The molecule has 2 rings (SSSR count). The summed E-state index contributed by atoms with van der Waals surface area (Å²) >= 11 is 3.32. The highest BCUT2D eigenvalue weighted by Gasteiger charge is 2.09. The molecule has 0 bridgehead atoms. The number of nitrogens with zero attached hydrogens (tertiary/aromatic N) is 1. The number of anilines is 1. The van der Waals surface area contributed by atoms with E-state index in [-0.39, 0.29) is 6.04 Å². The first-order valence-corrected chi connectivity index (χ1v) is 7.09. The van der Waals surface area contributed by atoms with Crippen molar-refractivity contribution >= 4 is 21.6 Å². The minimum Gasteiger partial charge on any atom is -0.452 e. The van der Waals surface area contributed by atoms with E-state index in [1.54, 1.807) is 0 Å². The van der Waals surface area contributed by atoms with Crippen LogP contribution in [0.4, 0.5) is 5.69 Å². The number of hydrogen-bond acceptors (Lipinski definition) is 3. The average Bonchev–Trinajstić information content (AvgIpc) is 2.75. The van der Waals surface area contributed by atoms with Gasteiger partial charge in [-0.2, -0.15) is 0 Å². The normalized spacial score (nSPS) is 12.7. The molecular weight excluding hydrogens is 304 g/mol. The first-order valence-electron chi connectivity index (χ1n) is 6.30. The summed E-state index contributed by atoms with van der Waals surface area (Å²) in [7, 11) is 4.15. The Morgan fingerprint density at radius 1 is 1.26 bits per heavy atom. The molecule has 1 aromatic heterocycles. The zero-order valence-electron chi connectivity index (χ0n) is 11.5. The van der Waals surface area contributed by atoms with Gasteiger partial charge >= 0.3 is 0 Å². The number of rotatable bonds is 5. The molecule has 102 valence electrons. The zero-order chi connectivity index (χ0) is 13.8. The third kappa shape index (κ3) is 4.11. The molecule has 19 heavy (non-hydrogen) atoms. The van der Waals surface area contributed by atoms with E-state index in [1.807, 2.05) is 12.1 Å². The van der Waals surface area contributed by atoms with Gasteiger partial charge in [0.2, 0.25) is 0 Å². The lowest BCUT2D eigenvalue weighted by molar-refractivity contribution is 0.402. The van der Waals surface area contributed by atoms with Crippen LogP contribution in [-0.4, -0.2) is 19.0 Å². The molecule has 0 saturated carbocycles. The fourth-order valence-electron chi connectivity index (χ4n) is 2.01. The van der Waals surface area contributed by atoms with Gasteiger partial charge in [-0.15, -0.1) is 0 Å². The van der Waals surface area contributed by atoms with Crippen LogP contribution in [0, 0.1) is 0 Å². The Labute approximate surface area is 122 Å². The van der Waals surface area contributed by atoms with Crippen LogP contribution < -0.4 is 5.32 Å². The van der Waals surface area contributed by atoms with Crippen molar-refractivity contribution in [3.05, 3.63) is 52.4 Å². The second kappa shape index (κ2) is 6.26. The van der Waals surface area contributed by atoms with Gasteiger partial charge in [-0.05, 0) is 66.8 Å². The lowest BCUT2D eigenvalue weighted by atomic mass is 10.1. The van der Waals surface area contributed by atoms with Gasteiger partial charge in [-0.25, -0.2) is 0 Å². The quantitative estimate of drug-likeness (QED) is 0.890. The largest absolute Gasteiger partial charge is 0.452 e. The predicted octanol–water partition coefficient (Wildman–Crippen LogP) is 4.28. The Morgan fingerprint density at radius 2 is 2.05 bits per heavy atom. The van der Waals surface area contributed by atoms with Gasteiger partial charge in [0, 0.05) is 12.2 Å². The van der Waals surface area contributed by atoms with E-state index in [0.717, 1.165) is 22.7 Å². The second-order valence-corrected chi connectivity index (χ2v) is 5.73. The summed E-state index contributed by atoms with van der Waals surface area (Å²) in [5.74, 6) is 0.921. The van der Waals surface area contributed by atoms with Crippen LogP contribution in [0.3, 0.4) is 0 Å². The smallest absolute Gasteiger partial charge is 0.169 e. The molecule has 0 aliphatic carbocycles. The molecule has 1 aromatic carbocycles. The highest BCUT2D eigenvalue weighted by Crippen LogP contribution is 2.24. The van der Waals surface area contributed by atoms with Gasteiger partial charge in [-0.3, -0.25) is 0 Å². The van der Waals surface area contributed by atoms with Gasteiger partial charge in [0.25, 0.3) is 0 Å². The fraction of sp³-hybridized carbons (Fsp3) is 0.333. The van der Waals surface area contributed by atoms with Crippen LogP contribution in [0.1, 0.15) is 24.3 Å². The van der Waals surface area contributed by atoms with Crippen LogP contribution in [-0.2, 0) is 6.54 Å². The van der Waals surface area contributed by atoms with Crippen LogP contribution in [0.5, 0.6) is 0 Å². The van der Waals surface area contributed by atoms with E-state index in [4.69, 9.17) is 4.42 Å². The van der Waals surface area contributed by atoms with Gasteiger partial charge in [-0.1, -0.05) is 12.1 Å². The van der Waals surface area contributed by atoms with Crippen molar-refractivity contribution in [1.82, 2.24) is 4.90 Å². The lowest BCUT2D eigenvalue weighted by Crippen LogP contribution is -2.11. The summed E-state index contributed by atoms with van der Waals surface area (Å²) in [5, 5.41) is 3.45. The van der Waals surface area contributed by atoms with Gasteiger partial charge in [0.15, 0.2) is 4.67 Å². The maximum absolute atomic E-state index is 5.56. The molecule has 1 N–H and O–H groups in total. The third-order valence-corrected chi connectivity index (χ3v) is 3.26. The lowest BCUT2D eigenvalue weighted by Gasteiger charge is -2.15. The molecule has 2 aromatic rings. The molecule has 0 spiro atoms. The Bertz CT molecular complexity index is 536. The Morgan fingerprint density at radius 3 is 2.68 bits per heavy atom. The second-order valence-electron chi connectivity index (χ2n) is 4.95. The van der Waals surface area contributed by atoms with Gasteiger partial charge in [0.1, 0.15) is 5.76 Å². The van der Waals surface area contributed by atoms with E-state index in [0.29, 0.717) is 0 Å². The highest BCUT2D eigenvalue weighted by molar-refractivity contribution is 9.10. The van der Waals surface area contributed by atoms with Crippen molar-refractivity contribution < 1.29 is 4.42 Å². The molecule has 0 aliphatic rings. The van der Waals surface area contributed by atoms with Gasteiger partial charge < -0.3 is 14.6 Å². The fourth-order valence-corrected chi connectivity index (χ4v) is 2.33. The predicted molar refractivity (Wildman–Crippen MR) is 82.3 cm³/mol. The van der Waals surface area contributed by atoms with Crippen molar-refractivity contribution in [3.8, 4) is 0 Å². The van der Waals surface area contributed by atoms with Crippen molar-refractivity contribution in [2.24, 2.45) is 0 Å². The van der Waals surface area contributed by atoms with Crippen LogP contribution in [0.2, 0.25) is 0 Å². The van der Waals surface area contributed by atoms with Crippen LogP contribution >= 0.6 is 15.9 Å². The van der Waals surface area contributed by atoms with Crippen molar-refractivity contribution in [2.75, 3.05) is 19.4 Å². The first kappa shape index (κ1) is 14.2. The number of halogens is 1. The Hall–Kier alpha value is -1.26. The van der Waals surface area contributed by atoms with Crippen LogP contribution in [0.15, 0.2) is 45.5 Å².